The maximum atomic E-state index is 12.2. The Morgan fingerprint density at radius 2 is 2.25 bits per heavy atom. The van der Waals surface area contributed by atoms with Gasteiger partial charge in [0.1, 0.15) is 5.82 Å². The molecule has 1 aliphatic rings. The molecule has 2 atom stereocenters. The molecule has 0 aliphatic heterocycles. The number of carbonyl (C=O) groups is 1. The van der Waals surface area contributed by atoms with Gasteiger partial charge in [0.05, 0.1) is 0 Å². The number of amides is 1. The topological polar surface area (TPSA) is 68.0 Å². The SMILES string of the molecule is CCCc1cc(C(=O)NCC2CCCC2C)cc(N)n1. The number of rotatable bonds is 5. The lowest BCUT2D eigenvalue weighted by Gasteiger charge is -2.16. The molecule has 1 aromatic heterocycles. The van der Waals surface area contributed by atoms with Gasteiger partial charge in [-0.1, -0.05) is 33.1 Å². The molecule has 4 nitrogen and oxygen atoms in total. The van der Waals surface area contributed by atoms with Gasteiger partial charge in [-0.25, -0.2) is 4.98 Å². The van der Waals surface area contributed by atoms with Crippen molar-refractivity contribution in [1.29, 1.82) is 0 Å². The molecule has 1 saturated carbocycles. The average molecular weight is 275 g/mol. The second-order valence-corrected chi connectivity index (χ2v) is 5.90. The summed E-state index contributed by atoms with van der Waals surface area (Å²) in [6.07, 6.45) is 5.64. The fourth-order valence-corrected chi connectivity index (χ4v) is 2.98. The maximum absolute atomic E-state index is 12.2. The van der Waals surface area contributed by atoms with Crippen LogP contribution < -0.4 is 11.1 Å². The number of aryl methyl sites for hydroxylation is 1. The van der Waals surface area contributed by atoms with Crippen LogP contribution in [0.5, 0.6) is 0 Å². The monoisotopic (exact) mass is 275 g/mol. The summed E-state index contributed by atoms with van der Waals surface area (Å²) in [4.78, 5) is 16.5. The highest BCUT2D eigenvalue weighted by molar-refractivity contribution is 5.94. The van der Waals surface area contributed by atoms with Crippen LogP contribution >= 0.6 is 0 Å². The van der Waals surface area contributed by atoms with Crippen molar-refractivity contribution in [3.8, 4) is 0 Å². The summed E-state index contributed by atoms with van der Waals surface area (Å²) in [6, 6.07) is 3.51. The minimum atomic E-state index is -0.0319. The van der Waals surface area contributed by atoms with Crippen molar-refractivity contribution in [1.82, 2.24) is 10.3 Å². The van der Waals surface area contributed by atoms with Gasteiger partial charge in [0, 0.05) is 17.8 Å². The van der Waals surface area contributed by atoms with E-state index in [9.17, 15) is 4.79 Å². The van der Waals surface area contributed by atoms with Gasteiger partial charge in [-0.2, -0.15) is 0 Å². The summed E-state index contributed by atoms with van der Waals surface area (Å²) in [7, 11) is 0. The van der Waals surface area contributed by atoms with Crippen LogP contribution in [0.1, 0.15) is 55.6 Å². The van der Waals surface area contributed by atoms with E-state index in [0.717, 1.165) is 25.1 Å². The third-order valence-electron chi connectivity index (χ3n) is 4.23. The highest BCUT2D eigenvalue weighted by Gasteiger charge is 2.23. The molecule has 1 heterocycles. The molecule has 1 amide bonds. The van der Waals surface area contributed by atoms with Crippen LogP contribution in [0.2, 0.25) is 0 Å². The minimum Gasteiger partial charge on any atom is -0.384 e. The van der Waals surface area contributed by atoms with Gasteiger partial charge in [-0.05, 0) is 36.8 Å². The largest absolute Gasteiger partial charge is 0.384 e. The lowest BCUT2D eigenvalue weighted by Crippen LogP contribution is -2.30. The van der Waals surface area contributed by atoms with Crippen molar-refractivity contribution in [2.24, 2.45) is 11.8 Å². The molecule has 20 heavy (non-hydrogen) atoms. The van der Waals surface area contributed by atoms with Gasteiger partial charge in [-0.15, -0.1) is 0 Å². The van der Waals surface area contributed by atoms with Crippen molar-refractivity contribution in [2.75, 3.05) is 12.3 Å². The highest BCUT2D eigenvalue weighted by atomic mass is 16.1. The summed E-state index contributed by atoms with van der Waals surface area (Å²) in [5, 5.41) is 3.05. The van der Waals surface area contributed by atoms with Crippen molar-refractivity contribution >= 4 is 11.7 Å². The first-order valence-corrected chi connectivity index (χ1v) is 7.64. The van der Waals surface area contributed by atoms with E-state index in [2.05, 4.69) is 24.1 Å². The molecule has 0 spiro atoms. The van der Waals surface area contributed by atoms with Crippen LogP contribution in [0.15, 0.2) is 12.1 Å². The number of nitrogens with one attached hydrogen (secondary N) is 1. The Hall–Kier alpha value is -1.58. The first-order valence-electron chi connectivity index (χ1n) is 7.64. The van der Waals surface area contributed by atoms with Crippen molar-refractivity contribution < 1.29 is 4.79 Å². The Balaban J connectivity index is 1.97. The molecular weight excluding hydrogens is 250 g/mol. The number of aromatic nitrogens is 1. The third kappa shape index (κ3) is 3.71. The van der Waals surface area contributed by atoms with E-state index in [1.807, 2.05) is 6.07 Å². The lowest BCUT2D eigenvalue weighted by atomic mass is 9.98. The normalized spacial score (nSPS) is 21.9. The molecule has 0 bridgehead atoms. The van der Waals surface area contributed by atoms with E-state index in [0.29, 0.717) is 23.2 Å². The lowest BCUT2D eigenvalue weighted by molar-refractivity contribution is 0.0944. The molecule has 2 unspecified atom stereocenters. The molecule has 110 valence electrons. The van der Waals surface area contributed by atoms with Crippen molar-refractivity contribution in [3.05, 3.63) is 23.4 Å². The molecule has 4 heteroatoms. The summed E-state index contributed by atoms with van der Waals surface area (Å²) in [6.45, 7) is 5.13. The smallest absolute Gasteiger partial charge is 0.251 e. The van der Waals surface area contributed by atoms with E-state index in [4.69, 9.17) is 5.73 Å². The molecule has 1 aromatic rings. The molecule has 1 aliphatic carbocycles. The number of anilines is 1. The zero-order chi connectivity index (χ0) is 14.5. The molecule has 2 rings (SSSR count). The fourth-order valence-electron chi connectivity index (χ4n) is 2.98. The van der Waals surface area contributed by atoms with E-state index < -0.39 is 0 Å². The number of hydrogen-bond acceptors (Lipinski definition) is 3. The Morgan fingerprint density at radius 3 is 2.90 bits per heavy atom. The molecule has 0 saturated heterocycles. The number of pyridine rings is 1. The Morgan fingerprint density at radius 1 is 1.45 bits per heavy atom. The first kappa shape index (κ1) is 14.8. The van der Waals surface area contributed by atoms with E-state index >= 15 is 0 Å². The van der Waals surface area contributed by atoms with Gasteiger partial charge in [0.15, 0.2) is 0 Å². The van der Waals surface area contributed by atoms with Crippen LogP contribution in [0.3, 0.4) is 0 Å². The van der Waals surface area contributed by atoms with Crippen LogP contribution in [0.4, 0.5) is 5.82 Å². The van der Waals surface area contributed by atoms with Crippen LogP contribution in [0, 0.1) is 11.8 Å². The minimum absolute atomic E-state index is 0.0319. The Bertz CT molecular complexity index is 473. The third-order valence-corrected chi connectivity index (χ3v) is 4.23. The van der Waals surface area contributed by atoms with Gasteiger partial charge in [-0.3, -0.25) is 4.79 Å². The van der Waals surface area contributed by atoms with E-state index in [-0.39, 0.29) is 5.91 Å². The fraction of sp³-hybridized carbons (Fsp3) is 0.625. The van der Waals surface area contributed by atoms with Gasteiger partial charge < -0.3 is 11.1 Å². The number of carbonyl (C=O) groups excluding carboxylic acids is 1. The molecule has 3 N–H and O–H groups in total. The maximum Gasteiger partial charge on any atom is 0.251 e. The zero-order valence-corrected chi connectivity index (χ0v) is 12.5. The quantitative estimate of drug-likeness (QED) is 0.868. The summed E-state index contributed by atoms with van der Waals surface area (Å²) in [5.41, 5.74) is 7.30. The zero-order valence-electron chi connectivity index (χ0n) is 12.5. The Kier molecular flexibility index (Phi) is 4.99. The standard InChI is InChI=1S/C16H25N3O/c1-3-5-14-8-13(9-15(17)19-14)16(20)18-10-12-7-4-6-11(12)2/h8-9,11-12H,3-7,10H2,1-2H3,(H2,17,19)(H,18,20). The molecule has 0 radical (unpaired) electrons. The average Bonchev–Trinajstić information content (AvgIpc) is 2.81. The summed E-state index contributed by atoms with van der Waals surface area (Å²) in [5.74, 6) is 1.73. The van der Waals surface area contributed by atoms with Gasteiger partial charge in [0.2, 0.25) is 0 Å². The van der Waals surface area contributed by atoms with Gasteiger partial charge in [0.25, 0.3) is 5.91 Å². The predicted octanol–water partition coefficient (Wildman–Crippen LogP) is 2.78. The number of hydrogen-bond donors (Lipinski definition) is 2. The van der Waals surface area contributed by atoms with Crippen LogP contribution in [-0.4, -0.2) is 17.4 Å². The summed E-state index contributed by atoms with van der Waals surface area (Å²) < 4.78 is 0. The molecule has 0 aromatic carbocycles. The van der Waals surface area contributed by atoms with E-state index in [1.165, 1.54) is 19.3 Å². The number of nitrogen functional groups attached to an aromatic ring is 1. The van der Waals surface area contributed by atoms with Gasteiger partial charge >= 0.3 is 0 Å². The first-order chi connectivity index (χ1) is 9.60. The Labute approximate surface area is 121 Å². The number of nitrogens with two attached hydrogens (primary N) is 1. The second-order valence-electron chi connectivity index (χ2n) is 5.90. The molecule has 1 fully saturated rings. The van der Waals surface area contributed by atoms with Crippen LogP contribution in [-0.2, 0) is 6.42 Å². The number of nitrogens with zero attached hydrogens (tertiary/aromatic N) is 1. The molecular formula is C16H25N3O. The van der Waals surface area contributed by atoms with Crippen molar-refractivity contribution in [3.63, 3.8) is 0 Å². The van der Waals surface area contributed by atoms with Crippen LogP contribution in [0.25, 0.3) is 0 Å². The summed E-state index contributed by atoms with van der Waals surface area (Å²) >= 11 is 0. The van der Waals surface area contributed by atoms with Crippen molar-refractivity contribution in [2.45, 2.75) is 46.0 Å². The van der Waals surface area contributed by atoms with E-state index in [1.54, 1.807) is 6.07 Å². The second kappa shape index (κ2) is 6.73. The highest BCUT2D eigenvalue weighted by Crippen LogP contribution is 2.30. The predicted molar refractivity (Wildman–Crippen MR) is 81.5 cm³/mol.